The predicted octanol–water partition coefficient (Wildman–Crippen LogP) is 1.62. The van der Waals surface area contributed by atoms with Crippen molar-refractivity contribution in [3.8, 4) is 0 Å². The molecular weight excluding hydrogens is 279 g/mol. The van der Waals surface area contributed by atoms with E-state index in [0.717, 1.165) is 3.57 Å². The zero-order valence-corrected chi connectivity index (χ0v) is 9.46. The molecule has 0 radical (unpaired) electrons. The van der Waals surface area contributed by atoms with E-state index in [9.17, 15) is 4.79 Å². The Morgan fingerprint density at radius 2 is 2.31 bits per heavy atom. The standard InChI is InChI=1S/C9H11IN2O/c1-2-12-9(13)7-5-6(10)3-4-8(7)11/h3-5H,2,11H2,1H3,(H,12,13). The smallest absolute Gasteiger partial charge is 0.253 e. The van der Waals surface area contributed by atoms with E-state index in [1.807, 2.05) is 13.0 Å². The van der Waals surface area contributed by atoms with Crippen LogP contribution in [0.25, 0.3) is 0 Å². The second kappa shape index (κ2) is 4.45. The quantitative estimate of drug-likeness (QED) is 0.642. The number of halogens is 1. The average Bonchev–Trinajstić information content (AvgIpc) is 2.09. The Bertz CT molecular complexity index is 325. The van der Waals surface area contributed by atoms with E-state index >= 15 is 0 Å². The minimum Gasteiger partial charge on any atom is -0.398 e. The Morgan fingerprint density at radius 1 is 1.62 bits per heavy atom. The van der Waals surface area contributed by atoms with Crippen LogP contribution in [0.4, 0.5) is 5.69 Å². The minimum atomic E-state index is -0.112. The highest BCUT2D eigenvalue weighted by Crippen LogP contribution is 2.15. The van der Waals surface area contributed by atoms with Crippen LogP contribution >= 0.6 is 22.6 Å². The van der Waals surface area contributed by atoms with Crippen molar-refractivity contribution in [2.45, 2.75) is 6.92 Å². The van der Waals surface area contributed by atoms with Gasteiger partial charge in [0, 0.05) is 15.8 Å². The summed E-state index contributed by atoms with van der Waals surface area (Å²) in [6.45, 7) is 2.49. The second-order valence-corrected chi connectivity index (χ2v) is 3.84. The number of hydrogen-bond acceptors (Lipinski definition) is 2. The van der Waals surface area contributed by atoms with Crippen LogP contribution in [0.3, 0.4) is 0 Å². The molecule has 70 valence electrons. The molecule has 0 saturated carbocycles. The summed E-state index contributed by atoms with van der Waals surface area (Å²) in [6.07, 6.45) is 0. The number of benzene rings is 1. The first-order valence-corrected chi connectivity index (χ1v) is 5.06. The first-order valence-electron chi connectivity index (χ1n) is 3.98. The van der Waals surface area contributed by atoms with Crippen LogP contribution in [-0.4, -0.2) is 12.5 Å². The Balaban J connectivity index is 2.99. The SMILES string of the molecule is CCNC(=O)c1cc(I)ccc1N. The highest BCUT2D eigenvalue weighted by molar-refractivity contribution is 14.1. The summed E-state index contributed by atoms with van der Waals surface area (Å²) in [7, 11) is 0. The zero-order valence-electron chi connectivity index (χ0n) is 7.30. The normalized spacial score (nSPS) is 9.69. The van der Waals surface area contributed by atoms with Crippen molar-refractivity contribution < 1.29 is 4.79 Å². The fraction of sp³-hybridized carbons (Fsp3) is 0.222. The lowest BCUT2D eigenvalue weighted by atomic mass is 10.2. The van der Waals surface area contributed by atoms with Gasteiger partial charge in [-0.3, -0.25) is 4.79 Å². The summed E-state index contributed by atoms with van der Waals surface area (Å²) in [5.74, 6) is -0.112. The number of rotatable bonds is 2. The molecule has 1 rings (SSSR count). The van der Waals surface area contributed by atoms with Gasteiger partial charge in [0.05, 0.1) is 5.56 Å². The van der Waals surface area contributed by atoms with Gasteiger partial charge in [0.15, 0.2) is 0 Å². The number of anilines is 1. The monoisotopic (exact) mass is 290 g/mol. The molecule has 0 aliphatic rings. The summed E-state index contributed by atoms with van der Waals surface area (Å²) in [5.41, 5.74) is 6.73. The molecule has 0 aromatic heterocycles. The number of nitrogens with one attached hydrogen (secondary N) is 1. The van der Waals surface area contributed by atoms with E-state index in [2.05, 4.69) is 27.9 Å². The number of carbonyl (C=O) groups excluding carboxylic acids is 1. The van der Waals surface area contributed by atoms with Crippen molar-refractivity contribution in [2.24, 2.45) is 0 Å². The third kappa shape index (κ3) is 2.58. The van der Waals surface area contributed by atoms with E-state index in [-0.39, 0.29) is 5.91 Å². The summed E-state index contributed by atoms with van der Waals surface area (Å²) < 4.78 is 1.01. The molecule has 3 N–H and O–H groups in total. The van der Waals surface area contributed by atoms with E-state index in [1.54, 1.807) is 12.1 Å². The third-order valence-corrected chi connectivity index (χ3v) is 2.27. The second-order valence-electron chi connectivity index (χ2n) is 2.59. The fourth-order valence-electron chi connectivity index (χ4n) is 0.981. The van der Waals surface area contributed by atoms with Crippen LogP contribution in [0, 0.1) is 3.57 Å². The molecule has 0 fully saturated rings. The van der Waals surface area contributed by atoms with Crippen molar-refractivity contribution in [1.29, 1.82) is 0 Å². The molecule has 0 saturated heterocycles. The Morgan fingerprint density at radius 3 is 2.92 bits per heavy atom. The lowest BCUT2D eigenvalue weighted by molar-refractivity contribution is 0.0956. The molecule has 0 atom stereocenters. The van der Waals surface area contributed by atoms with Gasteiger partial charge >= 0.3 is 0 Å². The lowest BCUT2D eigenvalue weighted by Gasteiger charge is -2.05. The van der Waals surface area contributed by atoms with Crippen molar-refractivity contribution in [3.63, 3.8) is 0 Å². The Kier molecular flexibility index (Phi) is 3.53. The summed E-state index contributed by atoms with van der Waals surface area (Å²) >= 11 is 2.15. The molecule has 0 aliphatic heterocycles. The number of nitrogen functional groups attached to an aromatic ring is 1. The highest BCUT2D eigenvalue weighted by Gasteiger charge is 2.08. The number of amides is 1. The van der Waals surface area contributed by atoms with Crippen molar-refractivity contribution >= 4 is 34.2 Å². The molecule has 13 heavy (non-hydrogen) atoms. The van der Waals surface area contributed by atoms with Crippen LogP contribution in [0.5, 0.6) is 0 Å². The molecule has 0 aliphatic carbocycles. The molecule has 0 bridgehead atoms. The average molecular weight is 290 g/mol. The highest BCUT2D eigenvalue weighted by atomic mass is 127. The van der Waals surface area contributed by atoms with E-state index < -0.39 is 0 Å². The van der Waals surface area contributed by atoms with Gasteiger partial charge in [-0.25, -0.2) is 0 Å². The van der Waals surface area contributed by atoms with E-state index in [4.69, 9.17) is 5.73 Å². The van der Waals surface area contributed by atoms with Crippen LogP contribution in [0.15, 0.2) is 18.2 Å². The van der Waals surface area contributed by atoms with Crippen LogP contribution < -0.4 is 11.1 Å². The number of hydrogen-bond donors (Lipinski definition) is 2. The van der Waals surface area contributed by atoms with Gasteiger partial charge in [-0.1, -0.05) is 0 Å². The van der Waals surface area contributed by atoms with Crippen LogP contribution in [-0.2, 0) is 0 Å². The van der Waals surface area contributed by atoms with Gasteiger partial charge in [0.25, 0.3) is 5.91 Å². The maximum atomic E-state index is 11.4. The van der Waals surface area contributed by atoms with Gasteiger partial charge in [-0.2, -0.15) is 0 Å². The molecule has 0 spiro atoms. The Labute approximate surface area is 90.8 Å². The van der Waals surface area contributed by atoms with Crippen molar-refractivity contribution in [2.75, 3.05) is 12.3 Å². The molecule has 1 amide bonds. The number of nitrogens with two attached hydrogens (primary N) is 1. The van der Waals surface area contributed by atoms with E-state index in [1.165, 1.54) is 0 Å². The van der Waals surface area contributed by atoms with Gasteiger partial charge in [0.1, 0.15) is 0 Å². The molecule has 4 heteroatoms. The molecule has 0 heterocycles. The fourth-order valence-corrected chi connectivity index (χ4v) is 1.47. The van der Waals surface area contributed by atoms with Gasteiger partial charge in [-0.15, -0.1) is 0 Å². The summed E-state index contributed by atoms with van der Waals surface area (Å²) in [5, 5.41) is 2.71. The number of carbonyl (C=O) groups is 1. The molecule has 1 aromatic rings. The molecule has 3 nitrogen and oxygen atoms in total. The largest absolute Gasteiger partial charge is 0.398 e. The lowest BCUT2D eigenvalue weighted by Crippen LogP contribution is -2.23. The van der Waals surface area contributed by atoms with Crippen LogP contribution in [0.1, 0.15) is 17.3 Å². The maximum Gasteiger partial charge on any atom is 0.253 e. The maximum absolute atomic E-state index is 11.4. The van der Waals surface area contributed by atoms with Gasteiger partial charge in [0.2, 0.25) is 0 Å². The predicted molar refractivity (Wildman–Crippen MR) is 61.6 cm³/mol. The molecule has 0 unspecified atom stereocenters. The zero-order chi connectivity index (χ0) is 9.84. The van der Waals surface area contributed by atoms with E-state index in [0.29, 0.717) is 17.8 Å². The van der Waals surface area contributed by atoms with Crippen molar-refractivity contribution in [1.82, 2.24) is 5.32 Å². The van der Waals surface area contributed by atoms with Gasteiger partial charge in [-0.05, 0) is 47.7 Å². The third-order valence-electron chi connectivity index (χ3n) is 1.60. The summed E-state index contributed by atoms with van der Waals surface area (Å²) in [4.78, 5) is 11.4. The Hall–Kier alpha value is -0.780. The van der Waals surface area contributed by atoms with Crippen molar-refractivity contribution in [3.05, 3.63) is 27.3 Å². The van der Waals surface area contributed by atoms with Gasteiger partial charge < -0.3 is 11.1 Å². The molecular formula is C9H11IN2O. The summed E-state index contributed by atoms with van der Waals surface area (Å²) in [6, 6.07) is 5.39. The van der Waals surface area contributed by atoms with Crippen LogP contribution in [0.2, 0.25) is 0 Å². The minimum absolute atomic E-state index is 0.112. The topological polar surface area (TPSA) is 55.1 Å². The molecule has 1 aromatic carbocycles. The first-order chi connectivity index (χ1) is 6.15. The first kappa shape index (κ1) is 10.3.